The van der Waals surface area contributed by atoms with Crippen molar-refractivity contribution in [2.24, 2.45) is 11.8 Å². The zero-order valence-electron chi connectivity index (χ0n) is 13.0. The van der Waals surface area contributed by atoms with E-state index in [0.717, 1.165) is 17.1 Å². The lowest BCUT2D eigenvalue weighted by atomic mass is 9.93. The van der Waals surface area contributed by atoms with Crippen LogP contribution in [0.25, 0.3) is 0 Å². The van der Waals surface area contributed by atoms with Gasteiger partial charge in [-0.2, -0.15) is 0 Å². The van der Waals surface area contributed by atoms with Crippen molar-refractivity contribution in [1.82, 2.24) is 5.43 Å². The highest BCUT2D eigenvalue weighted by Crippen LogP contribution is 2.33. The van der Waals surface area contributed by atoms with Crippen molar-refractivity contribution in [3.05, 3.63) is 23.8 Å². The molecule has 0 bridgehead atoms. The van der Waals surface area contributed by atoms with E-state index in [4.69, 9.17) is 20.1 Å². The largest absolute Gasteiger partial charge is 0.497 e. The predicted octanol–water partition coefficient (Wildman–Crippen LogP) is 2.27. The summed E-state index contributed by atoms with van der Waals surface area (Å²) in [5.41, 5.74) is 3.78. The maximum absolute atomic E-state index is 5.84. The molecular weight excluding hydrogens is 256 g/mol. The van der Waals surface area contributed by atoms with Gasteiger partial charge in [0.1, 0.15) is 11.5 Å². The van der Waals surface area contributed by atoms with Crippen LogP contribution in [0.3, 0.4) is 0 Å². The zero-order valence-corrected chi connectivity index (χ0v) is 13.0. The SMILES string of the molecule is CCOC(C(C)C)C(NN)c1cc(OC)ccc1OC. The van der Waals surface area contributed by atoms with Gasteiger partial charge in [-0.1, -0.05) is 13.8 Å². The molecule has 5 nitrogen and oxygen atoms in total. The first kappa shape index (κ1) is 16.8. The van der Waals surface area contributed by atoms with Crippen LogP contribution in [0, 0.1) is 5.92 Å². The van der Waals surface area contributed by atoms with Crippen molar-refractivity contribution in [2.75, 3.05) is 20.8 Å². The van der Waals surface area contributed by atoms with Gasteiger partial charge in [-0.05, 0) is 31.0 Å². The molecular formula is C15H26N2O3. The van der Waals surface area contributed by atoms with E-state index in [9.17, 15) is 0 Å². The topological polar surface area (TPSA) is 65.7 Å². The lowest BCUT2D eigenvalue weighted by molar-refractivity contribution is 0.00222. The van der Waals surface area contributed by atoms with Crippen LogP contribution in [0.1, 0.15) is 32.4 Å². The van der Waals surface area contributed by atoms with E-state index in [1.165, 1.54) is 0 Å². The van der Waals surface area contributed by atoms with Gasteiger partial charge >= 0.3 is 0 Å². The molecule has 1 aromatic rings. The summed E-state index contributed by atoms with van der Waals surface area (Å²) in [4.78, 5) is 0. The Balaban J connectivity index is 3.20. The number of rotatable bonds is 8. The van der Waals surface area contributed by atoms with Crippen molar-refractivity contribution >= 4 is 0 Å². The molecule has 1 rings (SSSR count). The summed E-state index contributed by atoms with van der Waals surface area (Å²) in [5.74, 6) is 7.60. The molecule has 0 aromatic heterocycles. The molecule has 114 valence electrons. The van der Waals surface area contributed by atoms with Crippen molar-refractivity contribution in [1.29, 1.82) is 0 Å². The van der Waals surface area contributed by atoms with Crippen LogP contribution in [0.15, 0.2) is 18.2 Å². The molecule has 5 heteroatoms. The Bertz CT molecular complexity index is 410. The van der Waals surface area contributed by atoms with Crippen molar-refractivity contribution in [2.45, 2.75) is 32.9 Å². The second-order valence-electron chi connectivity index (χ2n) is 4.92. The van der Waals surface area contributed by atoms with Gasteiger partial charge in [-0.25, -0.2) is 0 Å². The van der Waals surface area contributed by atoms with Crippen molar-refractivity contribution in [3.8, 4) is 11.5 Å². The van der Waals surface area contributed by atoms with E-state index in [0.29, 0.717) is 12.5 Å². The monoisotopic (exact) mass is 282 g/mol. The third-order valence-corrected chi connectivity index (χ3v) is 3.30. The van der Waals surface area contributed by atoms with Crippen LogP contribution in [0.2, 0.25) is 0 Å². The molecule has 0 fully saturated rings. The second kappa shape index (κ2) is 8.09. The van der Waals surface area contributed by atoms with Gasteiger partial charge in [0.25, 0.3) is 0 Å². The van der Waals surface area contributed by atoms with E-state index in [1.54, 1.807) is 14.2 Å². The minimum Gasteiger partial charge on any atom is -0.497 e. The molecule has 0 saturated carbocycles. The van der Waals surface area contributed by atoms with Gasteiger partial charge in [-0.15, -0.1) is 0 Å². The number of methoxy groups -OCH3 is 2. The fourth-order valence-corrected chi connectivity index (χ4v) is 2.31. The molecule has 2 atom stereocenters. The third-order valence-electron chi connectivity index (χ3n) is 3.30. The fourth-order valence-electron chi connectivity index (χ4n) is 2.31. The van der Waals surface area contributed by atoms with Gasteiger partial charge < -0.3 is 14.2 Å². The quantitative estimate of drug-likeness (QED) is 0.565. The van der Waals surface area contributed by atoms with Crippen molar-refractivity contribution in [3.63, 3.8) is 0 Å². The summed E-state index contributed by atoms with van der Waals surface area (Å²) in [6, 6.07) is 5.50. The van der Waals surface area contributed by atoms with Crippen LogP contribution in [-0.2, 0) is 4.74 Å². The molecule has 0 aliphatic rings. The normalized spacial score (nSPS) is 14.2. The summed E-state index contributed by atoms with van der Waals surface area (Å²) >= 11 is 0. The van der Waals surface area contributed by atoms with Gasteiger partial charge in [0.15, 0.2) is 0 Å². The van der Waals surface area contributed by atoms with Gasteiger partial charge in [0, 0.05) is 12.2 Å². The predicted molar refractivity (Wildman–Crippen MR) is 79.9 cm³/mol. The lowest BCUT2D eigenvalue weighted by Gasteiger charge is -2.30. The smallest absolute Gasteiger partial charge is 0.124 e. The summed E-state index contributed by atoms with van der Waals surface area (Å²) in [5, 5.41) is 0. The fraction of sp³-hybridized carbons (Fsp3) is 0.600. The molecule has 3 N–H and O–H groups in total. The summed E-state index contributed by atoms with van der Waals surface area (Å²) < 4.78 is 16.6. The maximum Gasteiger partial charge on any atom is 0.124 e. The minimum absolute atomic E-state index is 0.0500. The van der Waals surface area contributed by atoms with Crippen LogP contribution >= 0.6 is 0 Å². The summed E-state index contributed by atoms with van der Waals surface area (Å²) in [7, 11) is 3.28. The molecule has 0 radical (unpaired) electrons. The average Bonchev–Trinajstić information content (AvgIpc) is 2.46. The standard InChI is InChI=1S/C15H26N2O3/c1-6-20-15(10(2)3)14(17-16)12-9-11(18-4)7-8-13(12)19-5/h7-10,14-15,17H,6,16H2,1-5H3. The highest BCUT2D eigenvalue weighted by molar-refractivity contribution is 5.42. The molecule has 2 unspecified atom stereocenters. The Morgan fingerprint density at radius 2 is 1.90 bits per heavy atom. The molecule has 0 aliphatic heterocycles. The first-order valence-corrected chi connectivity index (χ1v) is 6.88. The molecule has 0 amide bonds. The van der Waals surface area contributed by atoms with E-state index in [-0.39, 0.29) is 12.1 Å². The zero-order chi connectivity index (χ0) is 15.1. The van der Waals surface area contributed by atoms with Crippen LogP contribution in [-0.4, -0.2) is 26.9 Å². The second-order valence-corrected chi connectivity index (χ2v) is 4.92. The Morgan fingerprint density at radius 3 is 2.35 bits per heavy atom. The van der Waals surface area contributed by atoms with E-state index in [1.807, 2.05) is 25.1 Å². The molecule has 0 saturated heterocycles. The molecule has 0 aliphatic carbocycles. The first-order valence-electron chi connectivity index (χ1n) is 6.88. The van der Waals surface area contributed by atoms with Gasteiger partial charge in [0.2, 0.25) is 0 Å². The minimum atomic E-state index is -0.167. The van der Waals surface area contributed by atoms with E-state index < -0.39 is 0 Å². The maximum atomic E-state index is 5.84. The highest BCUT2D eigenvalue weighted by atomic mass is 16.5. The number of hydrogen-bond donors (Lipinski definition) is 2. The number of nitrogens with two attached hydrogens (primary N) is 1. The first-order chi connectivity index (χ1) is 9.58. The Morgan fingerprint density at radius 1 is 1.20 bits per heavy atom. The van der Waals surface area contributed by atoms with Gasteiger partial charge in [-0.3, -0.25) is 11.3 Å². The number of ether oxygens (including phenoxy) is 3. The van der Waals surface area contributed by atoms with Gasteiger partial charge in [0.05, 0.1) is 26.4 Å². The number of hydrazine groups is 1. The molecule has 0 heterocycles. The molecule has 20 heavy (non-hydrogen) atoms. The summed E-state index contributed by atoms with van der Waals surface area (Å²) in [6.45, 7) is 6.83. The Hall–Kier alpha value is -1.30. The lowest BCUT2D eigenvalue weighted by Crippen LogP contribution is -2.41. The van der Waals surface area contributed by atoms with Crippen LogP contribution in [0.4, 0.5) is 0 Å². The highest BCUT2D eigenvalue weighted by Gasteiger charge is 2.28. The van der Waals surface area contributed by atoms with Crippen molar-refractivity contribution < 1.29 is 14.2 Å². The Labute approximate surface area is 121 Å². The number of nitrogens with one attached hydrogen (secondary N) is 1. The van der Waals surface area contributed by atoms with E-state index in [2.05, 4.69) is 19.3 Å². The molecule has 1 aromatic carbocycles. The Kier molecular flexibility index (Phi) is 6.78. The summed E-state index contributed by atoms with van der Waals surface area (Å²) in [6.07, 6.45) is -0.0500. The van der Waals surface area contributed by atoms with E-state index >= 15 is 0 Å². The average molecular weight is 282 g/mol. The number of benzene rings is 1. The molecule has 0 spiro atoms. The number of hydrogen-bond acceptors (Lipinski definition) is 5. The third kappa shape index (κ3) is 3.85. The van der Waals surface area contributed by atoms with Crippen LogP contribution in [0.5, 0.6) is 11.5 Å². The van der Waals surface area contributed by atoms with Crippen LogP contribution < -0.4 is 20.7 Å².